The van der Waals surface area contributed by atoms with E-state index in [2.05, 4.69) is 29.1 Å². The van der Waals surface area contributed by atoms with Gasteiger partial charge in [0.05, 0.1) is 12.6 Å². The van der Waals surface area contributed by atoms with E-state index in [1.807, 2.05) is 6.08 Å². The molecule has 0 bridgehead atoms. The van der Waals surface area contributed by atoms with Gasteiger partial charge < -0.3 is 15.4 Å². The summed E-state index contributed by atoms with van der Waals surface area (Å²) in [7, 11) is 0. The van der Waals surface area contributed by atoms with Crippen LogP contribution in [-0.4, -0.2) is 37.8 Å². The Morgan fingerprint density at radius 2 is 2.37 bits per heavy atom. The standard InChI is InChI=1S/C15H25N3O/c1-3-9-17-14(16-4-2)18-12-11-6-10-19-13(11)15(12)7-5-8-15/h3,11-13H,1,4-10H2,2H3,(H2,16,17,18). The van der Waals surface area contributed by atoms with Crippen molar-refractivity contribution in [3.63, 3.8) is 0 Å². The van der Waals surface area contributed by atoms with Gasteiger partial charge in [0.25, 0.3) is 0 Å². The van der Waals surface area contributed by atoms with Crippen molar-refractivity contribution < 1.29 is 4.74 Å². The molecule has 4 heteroatoms. The molecule has 0 aromatic carbocycles. The molecule has 3 unspecified atom stereocenters. The molecule has 0 aromatic heterocycles. The molecule has 1 heterocycles. The molecule has 0 aromatic rings. The van der Waals surface area contributed by atoms with Crippen molar-refractivity contribution in [2.24, 2.45) is 16.3 Å². The Balaban J connectivity index is 1.68. The maximum atomic E-state index is 5.95. The van der Waals surface area contributed by atoms with Crippen LogP contribution < -0.4 is 10.6 Å². The summed E-state index contributed by atoms with van der Waals surface area (Å²) in [6.07, 6.45) is 7.52. The molecule has 3 atom stereocenters. The molecule has 0 amide bonds. The van der Waals surface area contributed by atoms with Gasteiger partial charge in [-0.2, -0.15) is 0 Å². The zero-order valence-corrected chi connectivity index (χ0v) is 11.8. The SMILES string of the molecule is C=CCN=C(NCC)NC1C2CCOC2C12CCC2. The van der Waals surface area contributed by atoms with Crippen LogP contribution in [0.2, 0.25) is 0 Å². The van der Waals surface area contributed by atoms with E-state index in [-0.39, 0.29) is 0 Å². The number of aliphatic imine (C=N–C) groups is 1. The lowest BCUT2D eigenvalue weighted by Crippen LogP contribution is -2.72. The number of rotatable bonds is 4. The largest absolute Gasteiger partial charge is 0.377 e. The Bertz CT molecular complexity index is 376. The molecular weight excluding hydrogens is 238 g/mol. The predicted molar refractivity (Wildman–Crippen MR) is 77.2 cm³/mol. The van der Waals surface area contributed by atoms with E-state index >= 15 is 0 Å². The molecule has 2 saturated carbocycles. The Morgan fingerprint density at radius 1 is 1.53 bits per heavy atom. The number of hydrogen-bond acceptors (Lipinski definition) is 2. The van der Waals surface area contributed by atoms with Crippen LogP contribution in [-0.2, 0) is 4.74 Å². The quantitative estimate of drug-likeness (QED) is 0.461. The fourth-order valence-corrected chi connectivity index (χ4v) is 4.08. The zero-order chi connectivity index (χ0) is 13.3. The Hall–Kier alpha value is -1.03. The first-order valence-corrected chi connectivity index (χ1v) is 7.59. The topological polar surface area (TPSA) is 45.7 Å². The first-order chi connectivity index (χ1) is 9.31. The van der Waals surface area contributed by atoms with Crippen molar-refractivity contribution in [3.8, 4) is 0 Å². The van der Waals surface area contributed by atoms with E-state index < -0.39 is 0 Å². The van der Waals surface area contributed by atoms with Crippen LogP contribution in [0, 0.1) is 11.3 Å². The van der Waals surface area contributed by atoms with Crippen molar-refractivity contribution in [3.05, 3.63) is 12.7 Å². The van der Waals surface area contributed by atoms with E-state index in [1.54, 1.807) is 0 Å². The van der Waals surface area contributed by atoms with Crippen molar-refractivity contribution in [2.75, 3.05) is 19.7 Å². The molecule has 1 spiro atoms. The third-order valence-electron chi connectivity index (χ3n) is 5.05. The minimum Gasteiger partial charge on any atom is -0.377 e. The van der Waals surface area contributed by atoms with E-state index in [0.717, 1.165) is 19.1 Å². The van der Waals surface area contributed by atoms with Gasteiger partial charge in [-0.1, -0.05) is 12.5 Å². The van der Waals surface area contributed by atoms with Gasteiger partial charge in [0, 0.05) is 30.5 Å². The van der Waals surface area contributed by atoms with Gasteiger partial charge in [-0.25, -0.2) is 4.99 Å². The van der Waals surface area contributed by atoms with E-state index in [1.165, 1.54) is 25.7 Å². The molecule has 1 aliphatic heterocycles. The first-order valence-electron chi connectivity index (χ1n) is 7.59. The van der Waals surface area contributed by atoms with Crippen LogP contribution >= 0.6 is 0 Å². The molecule has 3 rings (SSSR count). The normalized spacial score (nSPS) is 35.2. The highest BCUT2D eigenvalue weighted by atomic mass is 16.5. The summed E-state index contributed by atoms with van der Waals surface area (Å²) in [6.45, 7) is 8.34. The van der Waals surface area contributed by atoms with Crippen LogP contribution in [0.4, 0.5) is 0 Å². The van der Waals surface area contributed by atoms with Crippen LogP contribution in [0.15, 0.2) is 17.6 Å². The summed E-state index contributed by atoms with van der Waals surface area (Å²) in [4.78, 5) is 4.53. The van der Waals surface area contributed by atoms with Crippen LogP contribution in [0.25, 0.3) is 0 Å². The maximum absolute atomic E-state index is 5.95. The average molecular weight is 263 g/mol. The van der Waals surface area contributed by atoms with Gasteiger partial charge >= 0.3 is 0 Å². The summed E-state index contributed by atoms with van der Waals surface area (Å²) in [5.74, 6) is 1.62. The highest BCUT2D eigenvalue weighted by Crippen LogP contribution is 2.62. The average Bonchev–Trinajstić information content (AvgIpc) is 2.76. The fraction of sp³-hybridized carbons (Fsp3) is 0.800. The highest BCUT2D eigenvalue weighted by molar-refractivity contribution is 5.80. The van der Waals surface area contributed by atoms with Crippen LogP contribution in [0.3, 0.4) is 0 Å². The summed E-state index contributed by atoms with van der Waals surface area (Å²) in [5.41, 5.74) is 0.408. The minimum absolute atomic E-state index is 0.408. The molecule has 19 heavy (non-hydrogen) atoms. The molecule has 2 N–H and O–H groups in total. The number of nitrogens with zero attached hydrogens (tertiary/aromatic N) is 1. The predicted octanol–water partition coefficient (Wildman–Crippen LogP) is 1.69. The third-order valence-corrected chi connectivity index (χ3v) is 5.05. The molecule has 3 aliphatic rings. The van der Waals surface area contributed by atoms with E-state index in [9.17, 15) is 0 Å². The summed E-state index contributed by atoms with van der Waals surface area (Å²) in [5, 5.41) is 7.00. The molecule has 0 radical (unpaired) electrons. The number of ether oxygens (including phenoxy) is 1. The fourth-order valence-electron chi connectivity index (χ4n) is 4.08. The molecule has 4 nitrogen and oxygen atoms in total. The van der Waals surface area contributed by atoms with E-state index in [0.29, 0.717) is 30.0 Å². The van der Waals surface area contributed by atoms with Crippen molar-refractivity contribution in [2.45, 2.75) is 44.8 Å². The number of nitrogens with one attached hydrogen (secondary N) is 2. The zero-order valence-electron chi connectivity index (χ0n) is 11.8. The number of hydrogen-bond donors (Lipinski definition) is 2. The summed E-state index contributed by atoms with van der Waals surface area (Å²) >= 11 is 0. The highest BCUT2D eigenvalue weighted by Gasteiger charge is 2.66. The van der Waals surface area contributed by atoms with Gasteiger partial charge in [0.2, 0.25) is 0 Å². The molecule has 3 fully saturated rings. The Morgan fingerprint density at radius 3 is 3.00 bits per heavy atom. The van der Waals surface area contributed by atoms with Gasteiger partial charge in [0.15, 0.2) is 5.96 Å². The van der Waals surface area contributed by atoms with Gasteiger partial charge in [-0.3, -0.25) is 0 Å². The summed E-state index contributed by atoms with van der Waals surface area (Å²) in [6, 6.07) is 0.552. The second-order valence-electron chi connectivity index (χ2n) is 5.96. The van der Waals surface area contributed by atoms with Crippen molar-refractivity contribution >= 4 is 5.96 Å². The molecule has 1 saturated heterocycles. The first kappa shape index (κ1) is 13.0. The molecule has 2 aliphatic carbocycles. The Labute approximate surface area is 115 Å². The lowest BCUT2D eigenvalue weighted by molar-refractivity contribution is -0.171. The van der Waals surface area contributed by atoms with Crippen LogP contribution in [0.5, 0.6) is 0 Å². The smallest absolute Gasteiger partial charge is 0.191 e. The van der Waals surface area contributed by atoms with Gasteiger partial charge in [0.1, 0.15) is 0 Å². The van der Waals surface area contributed by atoms with Gasteiger partial charge in [-0.05, 0) is 26.2 Å². The second kappa shape index (κ2) is 5.16. The van der Waals surface area contributed by atoms with Crippen molar-refractivity contribution in [1.29, 1.82) is 0 Å². The lowest BCUT2D eigenvalue weighted by Gasteiger charge is -2.63. The number of guanidine groups is 1. The molecular formula is C15H25N3O. The second-order valence-corrected chi connectivity index (χ2v) is 5.96. The summed E-state index contributed by atoms with van der Waals surface area (Å²) < 4.78 is 5.95. The Kier molecular flexibility index (Phi) is 3.52. The van der Waals surface area contributed by atoms with Crippen LogP contribution in [0.1, 0.15) is 32.6 Å². The monoisotopic (exact) mass is 263 g/mol. The maximum Gasteiger partial charge on any atom is 0.191 e. The van der Waals surface area contributed by atoms with Crippen molar-refractivity contribution in [1.82, 2.24) is 10.6 Å². The lowest BCUT2D eigenvalue weighted by atomic mass is 9.46. The minimum atomic E-state index is 0.408. The van der Waals surface area contributed by atoms with E-state index in [4.69, 9.17) is 4.74 Å². The molecule has 106 valence electrons. The third kappa shape index (κ3) is 1.97. The van der Waals surface area contributed by atoms with Gasteiger partial charge in [-0.15, -0.1) is 6.58 Å². The number of fused-ring (bicyclic) bond motifs is 2.